The normalized spacial score (nSPS) is 17.2. The van der Waals surface area contributed by atoms with E-state index in [1.807, 2.05) is 4.90 Å². The number of nitrogens with zero attached hydrogens (tertiary/aromatic N) is 6. The third kappa shape index (κ3) is 2.83. The number of amides is 1. The van der Waals surface area contributed by atoms with Crippen LogP contribution < -0.4 is 11.2 Å². The van der Waals surface area contributed by atoms with E-state index in [2.05, 4.69) is 10.1 Å². The van der Waals surface area contributed by atoms with Crippen molar-refractivity contribution >= 4 is 16.9 Å². The number of carbonyl (C=O) groups is 1. The monoisotopic (exact) mass is 382 g/mol. The average molecular weight is 382 g/mol. The molecule has 1 saturated heterocycles. The molecule has 1 aliphatic rings. The average Bonchev–Trinajstić information content (AvgIpc) is 3.16. The molecule has 1 atom stereocenters. The lowest BCUT2D eigenvalue weighted by atomic mass is 9.98. The van der Waals surface area contributed by atoms with Crippen molar-refractivity contribution in [2.75, 3.05) is 6.54 Å². The number of rotatable bonds is 2. The predicted octanol–water partition coefficient (Wildman–Crippen LogP) is 0.733. The van der Waals surface area contributed by atoms with Gasteiger partial charge in [0.2, 0.25) is 0 Å². The van der Waals surface area contributed by atoms with Crippen molar-refractivity contribution in [2.24, 2.45) is 21.1 Å². The highest BCUT2D eigenvalue weighted by Crippen LogP contribution is 2.31. The number of hydrogen-bond acceptors (Lipinski definition) is 5. The Balaban J connectivity index is 1.79. The number of aryl methyl sites for hydroxylation is 2. The fraction of sp³-hybridized carbons (Fsp3) is 0.421. The van der Waals surface area contributed by atoms with Crippen LogP contribution in [-0.2, 0) is 21.1 Å². The lowest BCUT2D eigenvalue weighted by molar-refractivity contribution is 0.0606. The number of carbonyl (C=O) groups excluding carboxylic acids is 1. The lowest BCUT2D eigenvalue weighted by Crippen LogP contribution is -2.39. The number of hydrogen-bond donors (Lipinski definition) is 0. The predicted molar refractivity (Wildman–Crippen MR) is 103 cm³/mol. The maximum Gasteiger partial charge on any atom is 0.332 e. The third-order valence-electron chi connectivity index (χ3n) is 5.38. The van der Waals surface area contributed by atoms with Crippen molar-refractivity contribution in [2.45, 2.75) is 25.3 Å². The smallest absolute Gasteiger partial charge is 0.330 e. The second-order valence-electron chi connectivity index (χ2n) is 7.23. The van der Waals surface area contributed by atoms with Crippen molar-refractivity contribution in [3.05, 3.63) is 56.6 Å². The van der Waals surface area contributed by atoms with Crippen LogP contribution in [0.5, 0.6) is 0 Å². The summed E-state index contributed by atoms with van der Waals surface area (Å²) in [5.41, 5.74) is 0.771. The summed E-state index contributed by atoms with van der Waals surface area (Å²) in [6.07, 6.45) is 5.96. The van der Waals surface area contributed by atoms with Gasteiger partial charge in [-0.25, -0.2) is 9.78 Å². The molecule has 28 heavy (non-hydrogen) atoms. The summed E-state index contributed by atoms with van der Waals surface area (Å²) >= 11 is 0. The molecule has 0 spiro atoms. The minimum absolute atomic E-state index is 0.0856. The first-order valence-corrected chi connectivity index (χ1v) is 9.25. The van der Waals surface area contributed by atoms with Gasteiger partial charge in [-0.05, 0) is 31.4 Å². The molecule has 0 bridgehead atoms. The Labute approximate surface area is 160 Å². The Morgan fingerprint density at radius 3 is 2.61 bits per heavy atom. The Morgan fingerprint density at radius 2 is 1.89 bits per heavy atom. The molecular formula is C19H22N6O3. The summed E-state index contributed by atoms with van der Waals surface area (Å²) in [4.78, 5) is 44.1. The maximum atomic E-state index is 13.0. The molecule has 4 rings (SSSR count). The van der Waals surface area contributed by atoms with Crippen LogP contribution in [0.25, 0.3) is 11.0 Å². The van der Waals surface area contributed by atoms with E-state index in [9.17, 15) is 14.4 Å². The van der Waals surface area contributed by atoms with Gasteiger partial charge in [-0.15, -0.1) is 0 Å². The molecule has 4 heterocycles. The number of aromatic nitrogens is 5. The van der Waals surface area contributed by atoms with Crippen molar-refractivity contribution in [1.29, 1.82) is 0 Å². The van der Waals surface area contributed by atoms with E-state index in [4.69, 9.17) is 0 Å². The van der Waals surface area contributed by atoms with Gasteiger partial charge in [0.25, 0.3) is 11.5 Å². The fourth-order valence-corrected chi connectivity index (χ4v) is 3.83. The molecule has 0 saturated carbocycles. The lowest BCUT2D eigenvalue weighted by Gasteiger charge is -2.35. The number of likely N-dealkylation sites (tertiary alicyclic amines) is 1. The van der Waals surface area contributed by atoms with Gasteiger partial charge in [0.1, 0.15) is 5.65 Å². The van der Waals surface area contributed by atoms with Crippen LogP contribution in [0.4, 0.5) is 0 Å². The summed E-state index contributed by atoms with van der Waals surface area (Å²) in [7, 11) is 4.82. The zero-order valence-corrected chi connectivity index (χ0v) is 16.1. The van der Waals surface area contributed by atoms with Gasteiger partial charge in [0.05, 0.1) is 28.9 Å². The zero-order valence-electron chi connectivity index (χ0n) is 16.1. The maximum absolute atomic E-state index is 13.0. The number of piperidine rings is 1. The van der Waals surface area contributed by atoms with Crippen molar-refractivity contribution in [3.63, 3.8) is 0 Å². The second kappa shape index (κ2) is 6.74. The van der Waals surface area contributed by atoms with Crippen molar-refractivity contribution in [1.82, 2.24) is 28.8 Å². The molecule has 0 aliphatic carbocycles. The summed E-state index contributed by atoms with van der Waals surface area (Å²) in [6.45, 7) is 0.633. The molecule has 0 radical (unpaired) electrons. The van der Waals surface area contributed by atoms with Crippen LogP contribution in [0.3, 0.4) is 0 Å². The van der Waals surface area contributed by atoms with Gasteiger partial charge >= 0.3 is 5.69 Å². The largest absolute Gasteiger partial charge is 0.332 e. The van der Waals surface area contributed by atoms with E-state index in [1.54, 1.807) is 43.3 Å². The van der Waals surface area contributed by atoms with Gasteiger partial charge in [-0.1, -0.05) is 0 Å². The van der Waals surface area contributed by atoms with Gasteiger partial charge in [0.15, 0.2) is 0 Å². The molecule has 9 nitrogen and oxygen atoms in total. The Hall–Kier alpha value is -3.23. The highest BCUT2D eigenvalue weighted by atomic mass is 16.2. The molecule has 1 amide bonds. The first kappa shape index (κ1) is 18.1. The number of pyridine rings is 1. The van der Waals surface area contributed by atoms with E-state index in [0.717, 1.165) is 23.8 Å². The zero-order chi connectivity index (χ0) is 20.0. The Morgan fingerprint density at radius 1 is 1.11 bits per heavy atom. The molecule has 1 fully saturated rings. The van der Waals surface area contributed by atoms with Gasteiger partial charge in [0, 0.05) is 33.9 Å². The van der Waals surface area contributed by atoms with Crippen LogP contribution in [0.2, 0.25) is 0 Å². The van der Waals surface area contributed by atoms with E-state index >= 15 is 0 Å². The van der Waals surface area contributed by atoms with Crippen LogP contribution in [0, 0.1) is 0 Å². The standard InChI is InChI=1S/C19H22N6O3/c1-22-11-12(10-20-22)17(26)25-9-5-4-6-15(25)14-8-7-13-16(21-14)23(2)19(28)24(3)18(13)27/h7-8,10-11,15H,4-6,9H2,1-3H3. The first-order valence-electron chi connectivity index (χ1n) is 9.25. The Bertz CT molecular complexity index is 1190. The molecule has 3 aromatic rings. The molecule has 146 valence electrons. The fourth-order valence-electron chi connectivity index (χ4n) is 3.83. The van der Waals surface area contributed by atoms with Crippen LogP contribution in [-0.4, -0.2) is 41.3 Å². The molecule has 9 heteroatoms. The highest BCUT2D eigenvalue weighted by molar-refractivity contribution is 5.94. The minimum atomic E-state index is -0.422. The topological polar surface area (TPSA) is 95.0 Å². The summed E-state index contributed by atoms with van der Waals surface area (Å²) in [5, 5.41) is 4.47. The van der Waals surface area contributed by atoms with Gasteiger partial charge < -0.3 is 4.90 Å². The first-order chi connectivity index (χ1) is 13.4. The molecule has 0 aromatic carbocycles. The van der Waals surface area contributed by atoms with Crippen LogP contribution in [0.15, 0.2) is 34.1 Å². The van der Waals surface area contributed by atoms with Crippen LogP contribution >= 0.6 is 0 Å². The third-order valence-corrected chi connectivity index (χ3v) is 5.38. The summed E-state index contributed by atoms with van der Waals surface area (Å²) in [6, 6.07) is 3.28. The van der Waals surface area contributed by atoms with Gasteiger partial charge in [-0.3, -0.25) is 23.4 Å². The molecular weight excluding hydrogens is 360 g/mol. The quantitative estimate of drug-likeness (QED) is 0.651. The van der Waals surface area contributed by atoms with E-state index in [0.29, 0.717) is 28.8 Å². The molecule has 1 aliphatic heterocycles. The van der Waals surface area contributed by atoms with E-state index in [-0.39, 0.29) is 17.5 Å². The van der Waals surface area contributed by atoms with Crippen molar-refractivity contribution < 1.29 is 4.79 Å². The Kier molecular flexibility index (Phi) is 4.37. The van der Waals surface area contributed by atoms with E-state index in [1.165, 1.54) is 11.6 Å². The minimum Gasteiger partial charge on any atom is -0.330 e. The molecule has 0 N–H and O–H groups in total. The van der Waals surface area contributed by atoms with Gasteiger partial charge in [-0.2, -0.15) is 5.10 Å². The summed E-state index contributed by atoms with van der Waals surface area (Å²) in [5.74, 6) is -0.0856. The highest BCUT2D eigenvalue weighted by Gasteiger charge is 2.30. The van der Waals surface area contributed by atoms with E-state index < -0.39 is 5.69 Å². The molecule has 3 aromatic heterocycles. The second-order valence-corrected chi connectivity index (χ2v) is 7.23. The summed E-state index contributed by atoms with van der Waals surface area (Å²) < 4.78 is 4.05. The molecule has 1 unspecified atom stereocenters. The SMILES string of the molecule is Cn1cc(C(=O)N2CCCCC2c2ccc3c(=O)n(C)c(=O)n(C)c3n2)cn1. The van der Waals surface area contributed by atoms with Crippen molar-refractivity contribution in [3.8, 4) is 0 Å². The number of fused-ring (bicyclic) bond motifs is 1. The van der Waals surface area contributed by atoms with Crippen LogP contribution in [0.1, 0.15) is 41.4 Å².